The molecule has 0 fully saturated rings. The van der Waals surface area contributed by atoms with Gasteiger partial charge in [-0.15, -0.1) is 0 Å². The van der Waals surface area contributed by atoms with Gasteiger partial charge in [0.05, 0.1) is 23.0 Å². The Morgan fingerprint density at radius 1 is 1.35 bits per heavy atom. The van der Waals surface area contributed by atoms with Crippen LogP contribution >= 0.6 is 11.6 Å². The number of halogens is 1. The van der Waals surface area contributed by atoms with Gasteiger partial charge >= 0.3 is 5.97 Å². The second kappa shape index (κ2) is 4.61. The van der Waals surface area contributed by atoms with Crippen molar-refractivity contribution >= 4 is 28.5 Å². The van der Waals surface area contributed by atoms with E-state index in [4.69, 9.17) is 11.6 Å². The number of carbonyl (C=O) groups is 1. The van der Waals surface area contributed by atoms with Crippen LogP contribution in [0.15, 0.2) is 36.7 Å². The minimum atomic E-state index is -0.995. The van der Waals surface area contributed by atoms with Gasteiger partial charge in [0.1, 0.15) is 0 Å². The third-order valence-electron chi connectivity index (χ3n) is 3.00. The first-order valence-electron chi connectivity index (χ1n) is 5.87. The molecule has 1 aromatic carbocycles. The molecule has 0 aliphatic rings. The highest BCUT2D eigenvalue weighted by atomic mass is 35.5. The molecule has 3 aromatic rings. The zero-order valence-electron chi connectivity index (χ0n) is 10.5. The average Bonchev–Trinajstić information content (AvgIpc) is 2.83. The van der Waals surface area contributed by atoms with E-state index in [1.54, 1.807) is 48.4 Å². The highest BCUT2D eigenvalue weighted by Gasteiger charge is 2.13. The van der Waals surface area contributed by atoms with E-state index in [0.29, 0.717) is 21.6 Å². The van der Waals surface area contributed by atoms with Crippen molar-refractivity contribution in [2.24, 2.45) is 7.05 Å². The summed E-state index contributed by atoms with van der Waals surface area (Å²) in [6.07, 6.45) is 3.43. The zero-order chi connectivity index (χ0) is 14.3. The maximum absolute atomic E-state index is 11.4. The van der Waals surface area contributed by atoms with Crippen molar-refractivity contribution < 1.29 is 9.90 Å². The summed E-state index contributed by atoms with van der Waals surface area (Å²) in [5.41, 5.74) is 2.07. The van der Waals surface area contributed by atoms with Gasteiger partial charge in [-0.2, -0.15) is 5.10 Å². The molecule has 3 rings (SSSR count). The summed E-state index contributed by atoms with van der Waals surface area (Å²) in [6.45, 7) is 0. The van der Waals surface area contributed by atoms with E-state index in [2.05, 4.69) is 10.1 Å². The van der Waals surface area contributed by atoms with Gasteiger partial charge in [0.15, 0.2) is 0 Å². The van der Waals surface area contributed by atoms with Crippen LogP contribution < -0.4 is 0 Å². The van der Waals surface area contributed by atoms with Gasteiger partial charge in [-0.3, -0.25) is 4.68 Å². The third kappa shape index (κ3) is 2.12. The van der Waals surface area contributed by atoms with E-state index >= 15 is 0 Å². The first-order valence-corrected chi connectivity index (χ1v) is 6.25. The van der Waals surface area contributed by atoms with Crippen molar-refractivity contribution in [2.45, 2.75) is 0 Å². The number of carboxylic acids is 1. The molecule has 0 aliphatic carbocycles. The summed E-state index contributed by atoms with van der Waals surface area (Å²) in [5.74, 6) is -0.995. The Balaban J connectivity index is 2.32. The number of hydrogen-bond acceptors (Lipinski definition) is 3. The smallest absolute Gasteiger partial charge is 0.336 e. The Morgan fingerprint density at radius 3 is 2.80 bits per heavy atom. The van der Waals surface area contributed by atoms with Gasteiger partial charge in [0.25, 0.3) is 0 Å². The molecular formula is C14H10ClN3O2. The van der Waals surface area contributed by atoms with E-state index in [1.165, 1.54) is 0 Å². The Morgan fingerprint density at radius 2 is 2.15 bits per heavy atom. The van der Waals surface area contributed by atoms with Crippen molar-refractivity contribution in [1.29, 1.82) is 0 Å². The van der Waals surface area contributed by atoms with Crippen molar-refractivity contribution in [3.05, 3.63) is 47.2 Å². The van der Waals surface area contributed by atoms with Crippen LogP contribution in [0.5, 0.6) is 0 Å². The van der Waals surface area contributed by atoms with Crippen LogP contribution in [0.4, 0.5) is 0 Å². The van der Waals surface area contributed by atoms with Crippen LogP contribution in [0.3, 0.4) is 0 Å². The third-order valence-corrected chi connectivity index (χ3v) is 3.24. The molecule has 0 bridgehead atoms. The number of aromatic nitrogens is 3. The fraction of sp³-hybridized carbons (Fsp3) is 0.0714. The summed E-state index contributed by atoms with van der Waals surface area (Å²) in [4.78, 5) is 15.9. The lowest BCUT2D eigenvalue weighted by atomic mass is 10.1. The van der Waals surface area contributed by atoms with Gasteiger partial charge in [-0.05, 0) is 18.2 Å². The van der Waals surface area contributed by atoms with Crippen molar-refractivity contribution in [2.75, 3.05) is 0 Å². The minimum absolute atomic E-state index is 0.200. The summed E-state index contributed by atoms with van der Waals surface area (Å²) in [7, 11) is 1.79. The average molecular weight is 288 g/mol. The molecule has 0 spiro atoms. The fourth-order valence-electron chi connectivity index (χ4n) is 2.08. The molecule has 0 saturated heterocycles. The molecule has 1 N–H and O–H groups in total. The SMILES string of the molecule is Cn1cc(-c2cc(C(=O)O)c3ccc(Cl)cc3n2)cn1. The molecule has 5 nitrogen and oxygen atoms in total. The molecule has 0 atom stereocenters. The Hall–Kier alpha value is -2.40. The van der Waals surface area contributed by atoms with Crippen LogP contribution in [0.1, 0.15) is 10.4 Å². The number of aromatic carboxylic acids is 1. The molecular weight excluding hydrogens is 278 g/mol. The van der Waals surface area contributed by atoms with E-state index in [1.807, 2.05) is 0 Å². The number of rotatable bonds is 2. The van der Waals surface area contributed by atoms with Gasteiger partial charge < -0.3 is 5.11 Å². The first-order chi connectivity index (χ1) is 9.54. The van der Waals surface area contributed by atoms with E-state index in [-0.39, 0.29) is 5.56 Å². The summed E-state index contributed by atoms with van der Waals surface area (Å²) < 4.78 is 1.64. The minimum Gasteiger partial charge on any atom is -0.478 e. The van der Waals surface area contributed by atoms with Crippen LogP contribution in [-0.4, -0.2) is 25.8 Å². The highest BCUT2D eigenvalue weighted by molar-refractivity contribution is 6.31. The van der Waals surface area contributed by atoms with Gasteiger partial charge in [0.2, 0.25) is 0 Å². The van der Waals surface area contributed by atoms with Gasteiger partial charge in [-0.1, -0.05) is 17.7 Å². The molecule has 0 aliphatic heterocycles. The number of benzene rings is 1. The zero-order valence-corrected chi connectivity index (χ0v) is 11.3. The van der Waals surface area contributed by atoms with E-state index in [0.717, 1.165) is 5.56 Å². The number of hydrogen-bond donors (Lipinski definition) is 1. The second-order valence-electron chi connectivity index (χ2n) is 4.42. The molecule has 6 heteroatoms. The topological polar surface area (TPSA) is 68.0 Å². The van der Waals surface area contributed by atoms with Gasteiger partial charge in [-0.25, -0.2) is 9.78 Å². The van der Waals surface area contributed by atoms with Crippen molar-refractivity contribution in [3.8, 4) is 11.3 Å². The van der Waals surface area contributed by atoms with Crippen LogP contribution in [0, 0.1) is 0 Å². The van der Waals surface area contributed by atoms with Crippen LogP contribution in [0.2, 0.25) is 5.02 Å². The molecule has 0 radical (unpaired) electrons. The monoisotopic (exact) mass is 287 g/mol. The predicted octanol–water partition coefficient (Wildman–Crippen LogP) is 2.99. The molecule has 2 aromatic heterocycles. The Labute approximate surface area is 119 Å². The Kier molecular flexibility index (Phi) is 2.91. The maximum atomic E-state index is 11.4. The number of carboxylic acid groups (broad SMARTS) is 1. The van der Waals surface area contributed by atoms with Crippen molar-refractivity contribution in [1.82, 2.24) is 14.8 Å². The number of aryl methyl sites for hydroxylation is 1. The Bertz CT molecular complexity index is 826. The number of pyridine rings is 1. The lowest BCUT2D eigenvalue weighted by Crippen LogP contribution is -2.00. The molecule has 0 unspecified atom stereocenters. The quantitative estimate of drug-likeness (QED) is 0.787. The lowest BCUT2D eigenvalue weighted by Gasteiger charge is -2.06. The molecule has 100 valence electrons. The van der Waals surface area contributed by atoms with Crippen LogP contribution in [-0.2, 0) is 7.05 Å². The lowest BCUT2D eigenvalue weighted by molar-refractivity contribution is 0.0699. The highest BCUT2D eigenvalue weighted by Crippen LogP contribution is 2.26. The summed E-state index contributed by atoms with van der Waals surface area (Å²) in [6, 6.07) is 6.53. The van der Waals surface area contributed by atoms with Crippen molar-refractivity contribution in [3.63, 3.8) is 0 Å². The second-order valence-corrected chi connectivity index (χ2v) is 4.86. The number of fused-ring (bicyclic) bond motifs is 1. The molecule has 2 heterocycles. The normalized spacial score (nSPS) is 10.9. The first kappa shape index (κ1) is 12.6. The standard InChI is InChI=1S/C14H10ClN3O2/c1-18-7-8(6-16-18)12-5-11(14(19)20)10-3-2-9(15)4-13(10)17-12/h2-7H,1H3,(H,19,20). The summed E-state index contributed by atoms with van der Waals surface area (Å²) in [5, 5.41) is 14.5. The predicted molar refractivity (Wildman–Crippen MR) is 75.9 cm³/mol. The summed E-state index contributed by atoms with van der Waals surface area (Å²) >= 11 is 5.95. The molecule has 20 heavy (non-hydrogen) atoms. The fourth-order valence-corrected chi connectivity index (χ4v) is 2.25. The number of nitrogens with zero attached hydrogens (tertiary/aromatic N) is 3. The molecule has 0 saturated carbocycles. The van der Waals surface area contributed by atoms with Gasteiger partial charge in [0, 0.05) is 29.2 Å². The maximum Gasteiger partial charge on any atom is 0.336 e. The van der Waals surface area contributed by atoms with Crippen LogP contribution in [0.25, 0.3) is 22.2 Å². The van der Waals surface area contributed by atoms with E-state index < -0.39 is 5.97 Å². The molecule has 0 amide bonds. The largest absolute Gasteiger partial charge is 0.478 e. The van der Waals surface area contributed by atoms with E-state index in [9.17, 15) is 9.90 Å².